The predicted molar refractivity (Wildman–Crippen MR) is 120 cm³/mol. The van der Waals surface area contributed by atoms with E-state index in [9.17, 15) is 14.9 Å². The number of carbonyl (C=O) groups excluding carboxylic acids is 2. The normalized spacial score (nSPS) is 15.4. The molecule has 158 valence electrons. The quantitative estimate of drug-likeness (QED) is 0.474. The summed E-state index contributed by atoms with van der Waals surface area (Å²) >= 11 is 0. The molecule has 5 heteroatoms. The topological polar surface area (TPSA) is 70.4 Å². The molecule has 0 unspecified atom stereocenters. The second-order valence-electron chi connectivity index (χ2n) is 7.63. The molecule has 0 atom stereocenters. The second kappa shape index (κ2) is 9.90. The zero-order valence-electron chi connectivity index (χ0n) is 18.1. The standard InChI is InChI=1S/C26H26N2O3/c1-4-5-14-28-25(29)23(19(3)24(16-27)26(28)30)15-20-10-12-22(13-11-20)31-17-21-8-6-18(2)7-9-21/h6-13,15H,4-5,14,17H2,1-3H3/b23-15+. The van der Waals surface area contributed by atoms with Crippen molar-refractivity contribution >= 4 is 17.9 Å². The van der Waals surface area contributed by atoms with Gasteiger partial charge in [0.05, 0.1) is 0 Å². The summed E-state index contributed by atoms with van der Waals surface area (Å²) in [7, 11) is 0. The molecule has 1 heterocycles. The van der Waals surface area contributed by atoms with E-state index in [1.807, 2.05) is 56.3 Å². The third-order valence-corrected chi connectivity index (χ3v) is 5.28. The van der Waals surface area contributed by atoms with E-state index >= 15 is 0 Å². The Morgan fingerprint density at radius 1 is 1.00 bits per heavy atom. The summed E-state index contributed by atoms with van der Waals surface area (Å²) < 4.78 is 5.84. The predicted octanol–water partition coefficient (Wildman–Crippen LogP) is 4.97. The number of hydrogen-bond acceptors (Lipinski definition) is 4. The van der Waals surface area contributed by atoms with Crippen LogP contribution in [-0.4, -0.2) is 23.3 Å². The van der Waals surface area contributed by atoms with E-state index in [-0.39, 0.29) is 11.5 Å². The molecular weight excluding hydrogens is 388 g/mol. The van der Waals surface area contributed by atoms with Gasteiger partial charge in [-0.1, -0.05) is 55.3 Å². The molecule has 0 fully saturated rings. The lowest BCUT2D eigenvalue weighted by atomic mass is 9.93. The molecule has 0 N–H and O–H groups in total. The molecule has 2 aromatic carbocycles. The summed E-state index contributed by atoms with van der Waals surface area (Å²) in [6.07, 6.45) is 3.28. The largest absolute Gasteiger partial charge is 0.489 e. The van der Waals surface area contributed by atoms with Crippen molar-refractivity contribution in [3.05, 3.63) is 81.9 Å². The van der Waals surface area contributed by atoms with Crippen LogP contribution < -0.4 is 4.74 Å². The number of unbranched alkanes of at least 4 members (excludes halogenated alkanes) is 1. The molecule has 0 saturated heterocycles. The smallest absolute Gasteiger partial charge is 0.271 e. The van der Waals surface area contributed by atoms with Crippen LogP contribution in [0.25, 0.3) is 6.08 Å². The van der Waals surface area contributed by atoms with E-state index in [0.717, 1.165) is 23.3 Å². The fourth-order valence-electron chi connectivity index (χ4n) is 3.33. The molecule has 5 nitrogen and oxygen atoms in total. The van der Waals surface area contributed by atoms with E-state index in [0.29, 0.717) is 30.7 Å². The van der Waals surface area contributed by atoms with Gasteiger partial charge in [0.2, 0.25) is 0 Å². The average Bonchev–Trinajstić information content (AvgIpc) is 2.77. The van der Waals surface area contributed by atoms with Gasteiger partial charge < -0.3 is 4.74 Å². The van der Waals surface area contributed by atoms with Crippen molar-refractivity contribution in [3.8, 4) is 11.8 Å². The molecule has 0 bridgehead atoms. The van der Waals surface area contributed by atoms with Gasteiger partial charge in [0.1, 0.15) is 24.0 Å². The lowest BCUT2D eigenvalue weighted by Crippen LogP contribution is -2.43. The minimum Gasteiger partial charge on any atom is -0.489 e. The molecule has 31 heavy (non-hydrogen) atoms. The molecule has 0 aromatic heterocycles. The van der Waals surface area contributed by atoms with Crippen LogP contribution in [0, 0.1) is 18.3 Å². The van der Waals surface area contributed by atoms with Gasteiger partial charge in [-0.3, -0.25) is 14.5 Å². The minimum absolute atomic E-state index is 0.0278. The van der Waals surface area contributed by atoms with Crippen LogP contribution >= 0.6 is 0 Å². The molecule has 1 aliphatic heterocycles. The molecule has 1 aliphatic rings. The van der Waals surface area contributed by atoms with Crippen LogP contribution in [0.15, 0.2) is 65.3 Å². The van der Waals surface area contributed by atoms with Gasteiger partial charge in [0, 0.05) is 12.1 Å². The van der Waals surface area contributed by atoms with Crippen molar-refractivity contribution in [3.63, 3.8) is 0 Å². The van der Waals surface area contributed by atoms with Crippen LogP contribution in [0.3, 0.4) is 0 Å². The molecular formula is C26H26N2O3. The number of rotatable bonds is 7. The molecule has 0 saturated carbocycles. The van der Waals surface area contributed by atoms with Crippen LogP contribution in [-0.2, 0) is 16.2 Å². The summed E-state index contributed by atoms with van der Waals surface area (Å²) in [6.45, 7) is 6.47. The minimum atomic E-state index is -0.504. The van der Waals surface area contributed by atoms with E-state index in [2.05, 4.69) is 12.1 Å². The molecule has 2 aromatic rings. The number of nitrogens with zero attached hydrogens (tertiary/aromatic N) is 2. The highest BCUT2D eigenvalue weighted by molar-refractivity contribution is 6.19. The van der Waals surface area contributed by atoms with Crippen molar-refractivity contribution in [2.75, 3.05) is 6.54 Å². The second-order valence-corrected chi connectivity index (χ2v) is 7.63. The van der Waals surface area contributed by atoms with Crippen molar-refractivity contribution in [2.24, 2.45) is 0 Å². The number of benzene rings is 2. The lowest BCUT2D eigenvalue weighted by molar-refractivity contribution is -0.140. The van der Waals surface area contributed by atoms with Crippen molar-refractivity contribution in [1.82, 2.24) is 4.90 Å². The Kier molecular flexibility index (Phi) is 7.04. The molecule has 3 rings (SSSR count). The first-order chi connectivity index (χ1) is 14.9. The fraction of sp³-hybridized carbons (Fsp3) is 0.269. The van der Waals surface area contributed by atoms with Gasteiger partial charge in [0.15, 0.2) is 0 Å². The molecule has 0 aliphatic carbocycles. The van der Waals surface area contributed by atoms with E-state index in [4.69, 9.17) is 4.74 Å². The van der Waals surface area contributed by atoms with Crippen LogP contribution in [0.4, 0.5) is 0 Å². The Balaban J connectivity index is 1.79. The first-order valence-corrected chi connectivity index (χ1v) is 10.4. The fourth-order valence-corrected chi connectivity index (χ4v) is 3.33. The Bertz CT molecular complexity index is 1070. The van der Waals surface area contributed by atoms with E-state index in [1.54, 1.807) is 13.0 Å². The van der Waals surface area contributed by atoms with Gasteiger partial charge in [-0.05, 0) is 55.2 Å². The number of hydrogen-bond donors (Lipinski definition) is 0. The van der Waals surface area contributed by atoms with Crippen molar-refractivity contribution in [2.45, 2.75) is 40.2 Å². The van der Waals surface area contributed by atoms with E-state index in [1.165, 1.54) is 10.5 Å². The molecule has 2 amide bonds. The highest BCUT2D eigenvalue weighted by atomic mass is 16.5. The first kappa shape index (κ1) is 22.0. The van der Waals surface area contributed by atoms with Gasteiger partial charge in [-0.2, -0.15) is 5.26 Å². The van der Waals surface area contributed by atoms with Gasteiger partial charge in [-0.25, -0.2) is 0 Å². The number of nitriles is 1. The number of aryl methyl sites for hydroxylation is 1. The van der Waals surface area contributed by atoms with Crippen molar-refractivity contribution in [1.29, 1.82) is 5.26 Å². The summed E-state index contributed by atoms with van der Waals surface area (Å²) in [5, 5.41) is 9.44. The maximum Gasteiger partial charge on any atom is 0.271 e. The Morgan fingerprint density at radius 2 is 1.68 bits per heavy atom. The summed E-state index contributed by atoms with van der Waals surface area (Å²) in [5.41, 5.74) is 3.92. The van der Waals surface area contributed by atoms with Crippen LogP contribution in [0.2, 0.25) is 0 Å². The monoisotopic (exact) mass is 414 g/mol. The number of ether oxygens (including phenoxy) is 1. The third kappa shape index (κ3) is 5.10. The highest BCUT2D eigenvalue weighted by Crippen LogP contribution is 2.27. The van der Waals surface area contributed by atoms with Gasteiger partial charge >= 0.3 is 0 Å². The first-order valence-electron chi connectivity index (χ1n) is 10.4. The summed E-state index contributed by atoms with van der Waals surface area (Å²) in [4.78, 5) is 26.6. The molecule has 0 radical (unpaired) electrons. The van der Waals surface area contributed by atoms with E-state index < -0.39 is 5.91 Å². The van der Waals surface area contributed by atoms with Gasteiger partial charge in [0.25, 0.3) is 11.8 Å². The number of amides is 2. The SMILES string of the molecule is CCCCN1C(=O)C(C#N)=C(C)/C(=C\c2ccc(OCc3ccc(C)cc3)cc2)C1=O. The molecule has 0 spiro atoms. The van der Waals surface area contributed by atoms with Crippen LogP contribution in [0.5, 0.6) is 5.75 Å². The summed E-state index contributed by atoms with van der Waals surface area (Å²) in [5.74, 6) is -0.132. The highest BCUT2D eigenvalue weighted by Gasteiger charge is 2.34. The maximum absolute atomic E-state index is 12.9. The van der Waals surface area contributed by atoms with Crippen molar-refractivity contribution < 1.29 is 14.3 Å². The summed E-state index contributed by atoms with van der Waals surface area (Å²) in [6, 6.07) is 17.6. The Hall–Kier alpha value is -3.65. The Labute approximate surface area is 183 Å². The average molecular weight is 415 g/mol. The zero-order valence-corrected chi connectivity index (χ0v) is 18.1. The number of imide groups is 1. The number of carbonyl (C=O) groups is 2. The van der Waals surface area contributed by atoms with Crippen LogP contribution in [0.1, 0.15) is 43.4 Å². The maximum atomic E-state index is 12.9. The lowest BCUT2D eigenvalue weighted by Gasteiger charge is -2.27. The van der Waals surface area contributed by atoms with Gasteiger partial charge in [-0.15, -0.1) is 0 Å². The zero-order chi connectivity index (χ0) is 22.4. The third-order valence-electron chi connectivity index (χ3n) is 5.28. The Morgan fingerprint density at radius 3 is 2.29 bits per heavy atom.